The third kappa shape index (κ3) is 2.85. The van der Waals surface area contributed by atoms with Crippen LogP contribution in [0.1, 0.15) is 0 Å². The molecule has 0 aromatic heterocycles. The maximum absolute atomic E-state index is 9.85. The van der Waals surface area contributed by atoms with Crippen molar-refractivity contribution in [3.63, 3.8) is 0 Å². The second kappa shape index (κ2) is 6.01. The Morgan fingerprint density at radius 3 is 2.44 bits per heavy atom. The van der Waals surface area contributed by atoms with E-state index in [1.54, 1.807) is 0 Å². The van der Waals surface area contributed by atoms with Gasteiger partial charge >= 0.3 is 0 Å². The maximum Gasteiger partial charge on any atom is 0.136 e. The van der Waals surface area contributed by atoms with Crippen molar-refractivity contribution >= 4 is 11.8 Å². The molecule has 18 heavy (non-hydrogen) atoms. The zero-order valence-electron chi connectivity index (χ0n) is 9.59. The third-order valence-corrected chi connectivity index (χ3v) is 3.98. The smallest absolute Gasteiger partial charge is 0.136 e. The highest BCUT2D eigenvalue weighted by atomic mass is 32.2. The van der Waals surface area contributed by atoms with Crippen molar-refractivity contribution in [2.24, 2.45) is 0 Å². The molecule has 0 radical (unpaired) electrons. The number of hydrogen-bond acceptors (Lipinski definition) is 6. The molecule has 1 aliphatic rings. The normalized spacial score (nSPS) is 33.6. The molecule has 1 aliphatic heterocycles. The molecule has 0 unspecified atom stereocenters. The molecule has 0 saturated carbocycles. The Morgan fingerprint density at radius 2 is 1.83 bits per heavy atom. The number of benzene rings is 1. The highest BCUT2D eigenvalue weighted by Gasteiger charge is 2.46. The summed E-state index contributed by atoms with van der Waals surface area (Å²) in [5.41, 5.74) is -0.659. The summed E-state index contributed by atoms with van der Waals surface area (Å²) in [5, 5.41) is 37.9. The molecule has 1 heterocycles. The van der Waals surface area contributed by atoms with Crippen molar-refractivity contribution in [2.75, 3.05) is 6.61 Å². The first-order valence-corrected chi connectivity index (χ1v) is 6.53. The molecule has 6 heteroatoms. The highest BCUT2D eigenvalue weighted by molar-refractivity contribution is 7.99. The minimum Gasteiger partial charge on any atom is -0.394 e. The lowest BCUT2D eigenvalue weighted by Crippen LogP contribution is -2.40. The van der Waals surface area contributed by atoms with Crippen LogP contribution in [0.2, 0.25) is 0 Å². The van der Waals surface area contributed by atoms with Crippen molar-refractivity contribution in [2.45, 2.75) is 34.7 Å². The number of rotatable bonds is 4. The van der Waals surface area contributed by atoms with Gasteiger partial charge in [-0.15, -0.1) is 0 Å². The fraction of sp³-hybridized carbons (Fsp3) is 0.500. The van der Waals surface area contributed by atoms with Crippen LogP contribution in [0.15, 0.2) is 35.2 Å². The molecule has 0 bridgehead atoms. The van der Waals surface area contributed by atoms with E-state index in [0.29, 0.717) is 0 Å². The molecule has 1 aromatic rings. The zero-order chi connectivity index (χ0) is 13.1. The van der Waals surface area contributed by atoms with Crippen LogP contribution < -0.4 is 0 Å². The molecule has 0 aliphatic carbocycles. The zero-order valence-corrected chi connectivity index (χ0v) is 10.4. The largest absolute Gasteiger partial charge is 0.394 e. The SMILES string of the molecule is OC[C@@H](O)[C@@H]1O[C@@H](Sc2ccccc2)[C@H](O)[C@H]1O. The first kappa shape index (κ1) is 13.8. The van der Waals surface area contributed by atoms with Gasteiger partial charge in [0, 0.05) is 4.90 Å². The molecule has 0 spiro atoms. The Labute approximate surface area is 109 Å². The Kier molecular flexibility index (Phi) is 4.60. The molecular formula is C12H16O5S. The molecular weight excluding hydrogens is 256 g/mol. The summed E-state index contributed by atoms with van der Waals surface area (Å²) in [6.07, 6.45) is -4.46. The summed E-state index contributed by atoms with van der Waals surface area (Å²) in [4.78, 5) is 0.896. The van der Waals surface area contributed by atoms with E-state index >= 15 is 0 Å². The molecule has 5 nitrogen and oxygen atoms in total. The van der Waals surface area contributed by atoms with Crippen molar-refractivity contribution < 1.29 is 25.2 Å². The Morgan fingerprint density at radius 1 is 1.17 bits per heavy atom. The molecule has 1 aromatic carbocycles. The number of aliphatic hydroxyl groups excluding tert-OH is 4. The number of hydrogen-bond donors (Lipinski definition) is 4. The van der Waals surface area contributed by atoms with Crippen LogP contribution in [0.25, 0.3) is 0 Å². The first-order chi connectivity index (χ1) is 8.63. The average molecular weight is 272 g/mol. The lowest BCUT2D eigenvalue weighted by Gasteiger charge is -2.18. The van der Waals surface area contributed by atoms with Crippen molar-refractivity contribution in [1.82, 2.24) is 0 Å². The van der Waals surface area contributed by atoms with Gasteiger partial charge in [0.1, 0.15) is 29.9 Å². The van der Waals surface area contributed by atoms with Crippen LogP contribution in [0, 0.1) is 0 Å². The van der Waals surface area contributed by atoms with E-state index in [1.807, 2.05) is 30.3 Å². The number of thioether (sulfide) groups is 1. The summed E-state index contributed by atoms with van der Waals surface area (Å²) in [7, 11) is 0. The standard InChI is InChI=1S/C12H16O5S/c13-6-8(14)11-9(15)10(16)12(17-11)18-7-4-2-1-3-5-7/h1-5,8-16H,6H2/t8-,9-,10-,11+,12+/m1/s1. The van der Waals surface area contributed by atoms with E-state index in [0.717, 1.165) is 4.90 Å². The highest BCUT2D eigenvalue weighted by Crippen LogP contribution is 2.35. The Bertz CT molecular complexity index is 374. The summed E-state index contributed by atoms with van der Waals surface area (Å²) in [5.74, 6) is 0. The van der Waals surface area contributed by atoms with E-state index < -0.39 is 36.5 Å². The van der Waals surface area contributed by atoms with Crippen LogP contribution in [0.3, 0.4) is 0 Å². The van der Waals surface area contributed by atoms with Gasteiger partial charge in [-0.3, -0.25) is 0 Å². The van der Waals surface area contributed by atoms with Gasteiger partial charge in [-0.05, 0) is 12.1 Å². The Hall–Kier alpha value is -0.630. The molecule has 4 N–H and O–H groups in total. The first-order valence-electron chi connectivity index (χ1n) is 5.65. The molecule has 1 saturated heterocycles. The predicted octanol–water partition coefficient (Wildman–Crippen LogP) is -0.421. The van der Waals surface area contributed by atoms with E-state index in [2.05, 4.69) is 0 Å². The van der Waals surface area contributed by atoms with E-state index in [9.17, 15) is 15.3 Å². The lowest BCUT2D eigenvalue weighted by molar-refractivity contribution is -0.0713. The van der Waals surface area contributed by atoms with Crippen LogP contribution >= 0.6 is 11.8 Å². The summed E-state index contributed by atoms with van der Waals surface area (Å²) in [6.45, 7) is -0.517. The summed E-state index contributed by atoms with van der Waals surface area (Å²) >= 11 is 1.27. The Balaban J connectivity index is 2.03. The van der Waals surface area contributed by atoms with Gasteiger partial charge in [0.25, 0.3) is 0 Å². The van der Waals surface area contributed by atoms with Crippen LogP contribution in [-0.2, 0) is 4.74 Å². The fourth-order valence-electron chi connectivity index (χ4n) is 1.82. The van der Waals surface area contributed by atoms with Gasteiger partial charge in [-0.25, -0.2) is 0 Å². The summed E-state index contributed by atoms with van der Waals surface area (Å²) < 4.78 is 5.40. The predicted molar refractivity (Wildman–Crippen MR) is 66.1 cm³/mol. The molecule has 1 fully saturated rings. The molecule has 100 valence electrons. The van der Waals surface area contributed by atoms with Crippen LogP contribution in [-0.4, -0.2) is 56.9 Å². The van der Waals surface area contributed by atoms with E-state index in [4.69, 9.17) is 9.84 Å². The maximum atomic E-state index is 9.85. The molecule has 0 amide bonds. The van der Waals surface area contributed by atoms with Gasteiger partial charge in [-0.1, -0.05) is 30.0 Å². The van der Waals surface area contributed by atoms with Gasteiger partial charge < -0.3 is 25.2 Å². The van der Waals surface area contributed by atoms with Crippen molar-refractivity contribution in [1.29, 1.82) is 0 Å². The minimum absolute atomic E-state index is 0.517. The van der Waals surface area contributed by atoms with Gasteiger partial charge in [0.15, 0.2) is 0 Å². The van der Waals surface area contributed by atoms with E-state index in [-0.39, 0.29) is 0 Å². The number of aliphatic hydroxyl groups is 4. The lowest BCUT2D eigenvalue weighted by atomic mass is 10.1. The van der Waals surface area contributed by atoms with Crippen LogP contribution in [0.5, 0.6) is 0 Å². The topological polar surface area (TPSA) is 90.2 Å². The average Bonchev–Trinajstić information content (AvgIpc) is 2.67. The van der Waals surface area contributed by atoms with Crippen molar-refractivity contribution in [3.8, 4) is 0 Å². The second-order valence-electron chi connectivity index (χ2n) is 4.13. The number of ether oxygens (including phenoxy) is 1. The van der Waals surface area contributed by atoms with E-state index in [1.165, 1.54) is 11.8 Å². The third-order valence-electron chi connectivity index (χ3n) is 2.82. The fourth-order valence-corrected chi connectivity index (χ4v) is 2.89. The van der Waals surface area contributed by atoms with Gasteiger partial charge in [0.05, 0.1) is 6.61 Å². The quantitative estimate of drug-likeness (QED) is 0.595. The van der Waals surface area contributed by atoms with Gasteiger partial charge in [-0.2, -0.15) is 0 Å². The van der Waals surface area contributed by atoms with Gasteiger partial charge in [0.2, 0.25) is 0 Å². The van der Waals surface area contributed by atoms with Crippen LogP contribution in [0.4, 0.5) is 0 Å². The minimum atomic E-state index is -1.20. The summed E-state index contributed by atoms with van der Waals surface area (Å²) in [6, 6.07) is 9.33. The molecule has 5 atom stereocenters. The van der Waals surface area contributed by atoms with Crippen molar-refractivity contribution in [3.05, 3.63) is 30.3 Å². The monoisotopic (exact) mass is 272 g/mol. The second-order valence-corrected chi connectivity index (χ2v) is 5.30. The molecule has 2 rings (SSSR count).